The number of quaternary nitrogens is 1. The van der Waals surface area contributed by atoms with Crippen LogP contribution in [0.25, 0.3) is 5.69 Å². The number of aryl methyl sites for hydroxylation is 1. The van der Waals surface area contributed by atoms with Gasteiger partial charge in [-0.15, -0.1) is 0 Å². The van der Waals surface area contributed by atoms with Crippen LogP contribution in [-0.4, -0.2) is 35.2 Å². The minimum absolute atomic E-state index is 0.465. The molecule has 0 fully saturated rings. The Morgan fingerprint density at radius 3 is 2.65 bits per heavy atom. The van der Waals surface area contributed by atoms with Gasteiger partial charge in [0.1, 0.15) is 18.3 Å². The topological polar surface area (TPSA) is 41.6 Å². The SMILES string of the molecule is Cc1ncn(-c2cccc(Cl)c2C#N)c1C[N+](C)(C)C. The molecule has 0 saturated carbocycles. The molecule has 1 heterocycles. The summed E-state index contributed by atoms with van der Waals surface area (Å²) in [5.41, 5.74) is 3.33. The third-order valence-electron chi connectivity index (χ3n) is 3.06. The van der Waals surface area contributed by atoms with Gasteiger partial charge in [0.25, 0.3) is 0 Å². The number of nitrogens with zero attached hydrogens (tertiary/aromatic N) is 4. The summed E-state index contributed by atoms with van der Waals surface area (Å²) in [6, 6.07) is 7.65. The first kappa shape index (κ1) is 14.6. The molecule has 0 saturated heterocycles. The Morgan fingerprint density at radius 2 is 2.05 bits per heavy atom. The van der Waals surface area contributed by atoms with E-state index in [1.807, 2.05) is 23.6 Å². The first-order valence-electron chi connectivity index (χ1n) is 6.36. The molecule has 0 radical (unpaired) electrons. The highest BCUT2D eigenvalue weighted by Crippen LogP contribution is 2.25. The molecular formula is C15H18ClN4+. The normalized spacial score (nSPS) is 11.4. The van der Waals surface area contributed by atoms with Gasteiger partial charge in [-0.2, -0.15) is 5.26 Å². The highest BCUT2D eigenvalue weighted by Gasteiger charge is 2.19. The van der Waals surface area contributed by atoms with Crippen LogP contribution >= 0.6 is 11.6 Å². The van der Waals surface area contributed by atoms with Crippen LogP contribution in [0.2, 0.25) is 5.02 Å². The van der Waals surface area contributed by atoms with E-state index in [2.05, 4.69) is 32.2 Å². The highest BCUT2D eigenvalue weighted by atomic mass is 35.5. The summed E-state index contributed by atoms with van der Waals surface area (Å²) in [7, 11) is 6.37. The maximum absolute atomic E-state index is 9.32. The van der Waals surface area contributed by atoms with Gasteiger partial charge >= 0.3 is 0 Å². The number of benzene rings is 1. The lowest BCUT2D eigenvalue weighted by molar-refractivity contribution is -0.884. The molecule has 0 N–H and O–H groups in total. The maximum Gasteiger partial charge on any atom is 0.121 e. The van der Waals surface area contributed by atoms with Crippen molar-refractivity contribution in [2.45, 2.75) is 13.5 Å². The van der Waals surface area contributed by atoms with Crippen molar-refractivity contribution in [2.75, 3.05) is 21.1 Å². The average molecular weight is 290 g/mol. The number of imidazole rings is 1. The van der Waals surface area contributed by atoms with Gasteiger partial charge in [-0.25, -0.2) is 4.98 Å². The van der Waals surface area contributed by atoms with Crippen molar-refractivity contribution < 1.29 is 4.48 Å². The second-order valence-corrected chi connectivity index (χ2v) is 6.25. The van der Waals surface area contributed by atoms with Gasteiger partial charge in [0.15, 0.2) is 0 Å². The van der Waals surface area contributed by atoms with E-state index in [1.165, 1.54) is 0 Å². The van der Waals surface area contributed by atoms with Gasteiger partial charge in [0.05, 0.1) is 49.4 Å². The Balaban J connectivity index is 2.61. The largest absolute Gasteiger partial charge is 0.326 e. The summed E-state index contributed by atoms with van der Waals surface area (Å²) < 4.78 is 2.75. The quantitative estimate of drug-likeness (QED) is 0.815. The molecule has 0 aliphatic rings. The lowest BCUT2D eigenvalue weighted by atomic mass is 10.2. The molecule has 0 atom stereocenters. The zero-order valence-corrected chi connectivity index (χ0v) is 12.9. The van der Waals surface area contributed by atoms with Crippen molar-refractivity contribution in [3.05, 3.63) is 46.5 Å². The molecule has 0 spiro atoms. The summed E-state index contributed by atoms with van der Waals surface area (Å²) in [6.07, 6.45) is 1.76. The molecule has 0 amide bonds. The van der Waals surface area contributed by atoms with E-state index in [-0.39, 0.29) is 0 Å². The number of nitriles is 1. The van der Waals surface area contributed by atoms with E-state index in [1.54, 1.807) is 12.4 Å². The Hall–Kier alpha value is -1.83. The van der Waals surface area contributed by atoms with Crippen LogP contribution in [0, 0.1) is 18.3 Å². The van der Waals surface area contributed by atoms with Crippen LogP contribution in [0.4, 0.5) is 0 Å². The van der Waals surface area contributed by atoms with E-state index in [9.17, 15) is 5.26 Å². The van der Waals surface area contributed by atoms with Gasteiger partial charge in [-0.1, -0.05) is 17.7 Å². The molecular weight excluding hydrogens is 272 g/mol. The van der Waals surface area contributed by atoms with Crippen molar-refractivity contribution in [1.82, 2.24) is 9.55 Å². The standard InChI is InChI=1S/C15H18ClN4/c1-11-15(9-20(2,3)4)19(10-18-11)14-7-5-6-13(16)12(14)8-17/h5-7,10H,9H2,1-4H3/q+1. The fourth-order valence-electron chi connectivity index (χ4n) is 2.13. The molecule has 0 bridgehead atoms. The summed E-state index contributed by atoms with van der Waals surface area (Å²) in [5, 5.41) is 9.78. The Kier molecular flexibility index (Phi) is 3.85. The van der Waals surface area contributed by atoms with Crippen LogP contribution in [-0.2, 0) is 6.54 Å². The number of aromatic nitrogens is 2. The zero-order chi connectivity index (χ0) is 14.9. The lowest BCUT2D eigenvalue weighted by Crippen LogP contribution is -2.34. The number of halogens is 1. The molecule has 0 unspecified atom stereocenters. The Morgan fingerprint density at radius 1 is 1.35 bits per heavy atom. The summed E-state index contributed by atoms with van der Waals surface area (Å²) in [6.45, 7) is 2.81. The van der Waals surface area contributed by atoms with Crippen LogP contribution < -0.4 is 0 Å². The van der Waals surface area contributed by atoms with Crippen molar-refractivity contribution in [3.8, 4) is 11.8 Å². The lowest BCUT2D eigenvalue weighted by Gasteiger charge is -2.25. The minimum Gasteiger partial charge on any atom is -0.326 e. The van der Waals surface area contributed by atoms with Crippen LogP contribution in [0.5, 0.6) is 0 Å². The molecule has 0 aliphatic carbocycles. The molecule has 1 aromatic carbocycles. The van der Waals surface area contributed by atoms with Gasteiger partial charge in [-0.3, -0.25) is 4.57 Å². The third kappa shape index (κ3) is 2.84. The second-order valence-electron chi connectivity index (χ2n) is 5.84. The van der Waals surface area contributed by atoms with E-state index in [0.717, 1.165) is 28.1 Å². The second kappa shape index (κ2) is 5.28. The van der Waals surface area contributed by atoms with Gasteiger partial charge in [0.2, 0.25) is 0 Å². The monoisotopic (exact) mass is 289 g/mol. The Labute approximate surface area is 124 Å². The maximum atomic E-state index is 9.32. The first-order chi connectivity index (χ1) is 9.33. The van der Waals surface area contributed by atoms with Crippen molar-refractivity contribution in [1.29, 1.82) is 5.26 Å². The minimum atomic E-state index is 0.465. The molecule has 5 heteroatoms. The summed E-state index contributed by atoms with van der Waals surface area (Å²) in [5.74, 6) is 0. The molecule has 4 nitrogen and oxygen atoms in total. The van der Waals surface area contributed by atoms with Gasteiger partial charge in [-0.05, 0) is 19.1 Å². The molecule has 1 aromatic heterocycles. The Bertz CT molecular complexity index is 674. The van der Waals surface area contributed by atoms with E-state index >= 15 is 0 Å². The number of rotatable bonds is 3. The predicted octanol–water partition coefficient (Wildman–Crippen LogP) is 2.91. The number of hydrogen-bond acceptors (Lipinski definition) is 2. The molecule has 0 aliphatic heterocycles. The van der Waals surface area contributed by atoms with Crippen LogP contribution in [0.3, 0.4) is 0 Å². The van der Waals surface area contributed by atoms with Crippen LogP contribution in [0.15, 0.2) is 24.5 Å². The fraction of sp³-hybridized carbons (Fsp3) is 0.333. The average Bonchev–Trinajstić information content (AvgIpc) is 2.69. The van der Waals surface area contributed by atoms with Crippen molar-refractivity contribution in [2.24, 2.45) is 0 Å². The van der Waals surface area contributed by atoms with E-state index in [4.69, 9.17) is 11.6 Å². The van der Waals surface area contributed by atoms with Crippen molar-refractivity contribution in [3.63, 3.8) is 0 Å². The van der Waals surface area contributed by atoms with Crippen molar-refractivity contribution >= 4 is 11.6 Å². The van der Waals surface area contributed by atoms with Gasteiger partial charge < -0.3 is 4.48 Å². The molecule has 20 heavy (non-hydrogen) atoms. The molecule has 104 valence electrons. The highest BCUT2D eigenvalue weighted by molar-refractivity contribution is 6.32. The van der Waals surface area contributed by atoms with Gasteiger partial charge in [0, 0.05) is 0 Å². The first-order valence-corrected chi connectivity index (χ1v) is 6.73. The zero-order valence-electron chi connectivity index (χ0n) is 12.2. The summed E-state index contributed by atoms with van der Waals surface area (Å²) in [4.78, 5) is 4.38. The fourth-order valence-corrected chi connectivity index (χ4v) is 2.35. The van der Waals surface area contributed by atoms with Crippen LogP contribution in [0.1, 0.15) is 17.0 Å². The number of hydrogen-bond donors (Lipinski definition) is 0. The van der Waals surface area contributed by atoms with E-state index < -0.39 is 0 Å². The third-order valence-corrected chi connectivity index (χ3v) is 3.38. The smallest absolute Gasteiger partial charge is 0.121 e. The summed E-state index contributed by atoms with van der Waals surface area (Å²) >= 11 is 6.11. The molecule has 2 aromatic rings. The van der Waals surface area contributed by atoms with E-state index in [0.29, 0.717) is 10.6 Å². The molecule has 2 rings (SSSR count). The predicted molar refractivity (Wildman–Crippen MR) is 79.8 cm³/mol.